The molecular weight excluding hydrogens is 256 g/mol. The third kappa shape index (κ3) is 2.04. The monoisotopic (exact) mass is 270 g/mol. The molecule has 3 rings (SSSR count). The molecule has 20 heavy (non-hydrogen) atoms. The first-order chi connectivity index (χ1) is 9.70. The summed E-state index contributed by atoms with van der Waals surface area (Å²) in [4.78, 5) is 19.7. The second-order valence-corrected chi connectivity index (χ2v) is 4.65. The lowest BCUT2D eigenvalue weighted by Gasteiger charge is -2.08. The summed E-state index contributed by atoms with van der Waals surface area (Å²) in [5.41, 5.74) is 3.57. The number of nitro benzene ring substituents is 1. The molecule has 2 aromatic rings. The summed E-state index contributed by atoms with van der Waals surface area (Å²) in [6.07, 6.45) is 0.792. The Bertz CT molecular complexity index is 685. The van der Waals surface area contributed by atoms with Gasteiger partial charge in [0.05, 0.1) is 16.2 Å². The Labute approximate surface area is 116 Å². The Morgan fingerprint density at radius 1 is 1.30 bits per heavy atom. The number of rotatable bonds is 3. The maximum atomic E-state index is 11.1. The van der Waals surface area contributed by atoms with Crippen molar-refractivity contribution in [1.29, 1.82) is 0 Å². The van der Waals surface area contributed by atoms with Crippen molar-refractivity contribution in [2.45, 2.75) is 26.4 Å². The molecule has 102 valence electrons. The van der Waals surface area contributed by atoms with Crippen LogP contribution in [-0.2, 0) is 19.5 Å². The van der Waals surface area contributed by atoms with Crippen LogP contribution in [0.2, 0.25) is 0 Å². The summed E-state index contributed by atoms with van der Waals surface area (Å²) in [5.74, 6) is 0.441. The molecule has 1 aliphatic heterocycles. The minimum atomic E-state index is -0.393. The predicted molar refractivity (Wildman–Crippen MR) is 74.0 cm³/mol. The molecule has 0 amide bonds. The topological polar surface area (TPSA) is 81.0 Å². The fourth-order valence-corrected chi connectivity index (χ4v) is 2.47. The zero-order chi connectivity index (χ0) is 14.1. The summed E-state index contributed by atoms with van der Waals surface area (Å²) >= 11 is 0. The number of benzene rings is 1. The second-order valence-electron chi connectivity index (χ2n) is 4.65. The minimum absolute atomic E-state index is 0.0421. The number of para-hydroxylation sites is 1. The predicted octanol–water partition coefficient (Wildman–Crippen LogP) is 2.22. The van der Waals surface area contributed by atoms with Crippen LogP contribution in [0.4, 0.5) is 5.69 Å². The zero-order valence-electron chi connectivity index (χ0n) is 11.1. The molecule has 2 heterocycles. The molecule has 1 aromatic heterocycles. The number of aromatic nitrogens is 2. The first kappa shape index (κ1) is 12.7. The largest absolute Gasteiger partial charge is 0.307 e. The van der Waals surface area contributed by atoms with Gasteiger partial charge in [-0.05, 0) is 12.5 Å². The quantitative estimate of drug-likeness (QED) is 0.683. The van der Waals surface area contributed by atoms with Gasteiger partial charge in [0.25, 0.3) is 5.69 Å². The molecule has 0 aliphatic carbocycles. The summed E-state index contributed by atoms with van der Waals surface area (Å²) in [6.45, 7) is 3.50. The van der Waals surface area contributed by atoms with E-state index in [1.165, 1.54) is 6.07 Å². The molecule has 6 heteroatoms. The van der Waals surface area contributed by atoms with Crippen molar-refractivity contribution in [2.75, 3.05) is 0 Å². The smallest absolute Gasteiger partial charge is 0.280 e. The van der Waals surface area contributed by atoms with E-state index < -0.39 is 4.92 Å². The van der Waals surface area contributed by atoms with Crippen molar-refractivity contribution < 1.29 is 4.92 Å². The van der Waals surface area contributed by atoms with Crippen LogP contribution in [0.15, 0.2) is 24.3 Å². The van der Waals surface area contributed by atoms with E-state index in [-0.39, 0.29) is 5.69 Å². The molecule has 1 aliphatic rings. The molecule has 0 radical (unpaired) electrons. The molecule has 0 saturated heterocycles. The van der Waals surface area contributed by atoms with Crippen LogP contribution < -0.4 is 5.32 Å². The summed E-state index contributed by atoms with van der Waals surface area (Å²) < 4.78 is 0. The Kier molecular flexibility index (Phi) is 3.15. The third-order valence-corrected chi connectivity index (χ3v) is 3.45. The van der Waals surface area contributed by atoms with Gasteiger partial charge in [-0.3, -0.25) is 10.1 Å². The molecule has 0 fully saturated rings. The van der Waals surface area contributed by atoms with E-state index in [2.05, 4.69) is 15.3 Å². The first-order valence-electron chi connectivity index (χ1n) is 6.54. The van der Waals surface area contributed by atoms with Crippen LogP contribution in [0.1, 0.15) is 23.9 Å². The molecule has 1 aromatic carbocycles. The van der Waals surface area contributed by atoms with Crippen LogP contribution >= 0.6 is 0 Å². The normalized spacial score (nSPS) is 13.2. The van der Waals surface area contributed by atoms with Crippen LogP contribution in [0.25, 0.3) is 11.4 Å². The second kappa shape index (κ2) is 4.97. The fraction of sp³-hybridized carbons (Fsp3) is 0.286. The SMILES string of the molecule is CCc1nc(-c2ccccc2[N+](=O)[O-])nc2c1CNC2. The highest BCUT2D eigenvalue weighted by Crippen LogP contribution is 2.29. The van der Waals surface area contributed by atoms with E-state index in [1.807, 2.05) is 6.92 Å². The molecule has 0 bridgehead atoms. The lowest BCUT2D eigenvalue weighted by atomic mass is 10.1. The summed E-state index contributed by atoms with van der Waals surface area (Å²) in [7, 11) is 0. The van der Waals surface area contributed by atoms with Gasteiger partial charge in [-0.2, -0.15) is 0 Å². The molecule has 0 unspecified atom stereocenters. The summed E-state index contributed by atoms with van der Waals surface area (Å²) in [5, 5.41) is 14.4. The standard InChI is InChI=1S/C14H14N4O2/c1-2-11-10-7-15-8-12(10)17-14(16-11)9-5-3-4-6-13(9)18(19)20/h3-6,15H,2,7-8H2,1H3. The summed E-state index contributed by atoms with van der Waals surface area (Å²) in [6, 6.07) is 6.59. The number of fused-ring (bicyclic) bond motifs is 1. The molecule has 0 spiro atoms. The highest BCUT2D eigenvalue weighted by molar-refractivity contribution is 5.68. The van der Waals surface area contributed by atoms with Gasteiger partial charge in [0.2, 0.25) is 0 Å². The molecule has 0 saturated carbocycles. The van der Waals surface area contributed by atoms with Gasteiger partial charge in [-0.15, -0.1) is 0 Å². The van der Waals surface area contributed by atoms with Gasteiger partial charge < -0.3 is 5.32 Å². The number of hydrogen-bond acceptors (Lipinski definition) is 5. The maximum absolute atomic E-state index is 11.1. The van der Waals surface area contributed by atoms with Gasteiger partial charge in [0, 0.05) is 30.4 Å². The minimum Gasteiger partial charge on any atom is -0.307 e. The van der Waals surface area contributed by atoms with Crippen LogP contribution in [0.5, 0.6) is 0 Å². The average Bonchev–Trinajstić information content (AvgIpc) is 2.94. The lowest BCUT2D eigenvalue weighted by molar-refractivity contribution is -0.384. The third-order valence-electron chi connectivity index (χ3n) is 3.45. The van der Waals surface area contributed by atoms with E-state index in [1.54, 1.807) is 18.2 Å². The lowest BCUT2D eigenvalue weighted by Crippen LogP contribution is -2.04. The first-order valence-corrected chi connectivity index (χ1v) is 6.54. The Morgan fingerprint density at radius 2 is 2.10 bits per heavy atom. The average molecular weight is 270 g/mol. The number of hydrogen-bond donors (Lipinski definition) is 1. The molecular formula is C14H14N4O2. The number of nitrogens with zero attached hydrogens (tertiary/aromatic N) is 3. The Hall–Kier alpha value is -2.34. The van der Waals surface area contributed by atoms with Gasteiger partial charge in [0.1, 0.15) is 0 Å². The van der Waals surface area contributed by atoms with E-state index in [4.69, 9.17) is 0 Å². The van der Waals surface area contributed by atoms with Crippen LogP contribution in [0.3, 0.4) is 0 Å². The highest BCUT2D eigenvalue weighted by Gasteiger charge is 2.22. The van der Waals surface area contributed by atoms with E-state index >= 15 is 0 Å². The number of nitro groups is 1. The van der Waals surface area contributed by atoms with Crippen molar-refractivity contribution in [3.05, 3.63) is 51.3 Å². The van der Waals surface area contributed by atoms with E-state index in [0.717, 1.165) is 29.9 Å². The van der Waals surface area contributed by atoms with Crippen molar-refractivity contribution in [2.24, 2.45) is 0 Å². The van der Waals surface area contributed by atoms with Gasteiger partial charge in [0.15, 0.2) is 5.82 Å². The Morgan fingerprint density at radius 3 is 2.85 bits per heavy atom. The van der Waals surface area contributed by atoms with Crippen LogP contribution in [-0.4, -0.2) is 14.9 Å². The van der Waals surface area contributed by atoms with Crippen molar-refractivity contribution >= 4 is 5.69 Å². The van der Waals surface area contributed by atoms with Gasteiger partial charge in [-0.1, -0.05) is 19.1 Å². The molecule has 1 N–H and O–H groups in total. The van der Waals surface area contributed by atoms with E-state index in [9.17, 15) is 10.1 Å². The number of aryl methyl sites for hydroxylation is 1. The number of nitrogens with one attached hydrogen (secondary N) is 1. The van der Waals surface area contributed by atoms with Gasteiger partial charge >= 0.3 is 0 Å². The van der Waals surface area contributed by atoms with Crippen molar-refractivity contribution in [3.8, 4) is 11.4 Å². The Balaban J connectivity index is 2.19. The molecule has 0 atom stereocenters. The van der Waals surface area contributed by atoms with Gasteiger partial charge in [-0.25, -0.2) is 9.97 Å². The van der Waals surface area contributed by atoms with Crippen molar-refractivity contribution in [1.82, 2.24) is 15.3 Å². The maximum Gasteiger partial charge on any atom is 0.280 e. The van der Waals surface area contributed by atoms with E-state index in [0.29, 0.717) is 17.9 Å². The zero-order valence-corrected chi connectivity index (χ0v) is 11.1. The molecule has 6 nitrogen and oxygen atoms in total. The van der Waals surface area contributed by atoms with Crippen molar-refractivity contribution in [3.63, 3.8) is 0 Å². The van der Waals surface area contributed by atoms with Crippen LogP contribution in [0, 0.1) is 10.1 Å². The highest BCUT2D eigenvalue weighted by atomic mass is 16.6. The fourth-order valence-electron chi connectivity index (χ4n) is 2.47.